The molecule has 0 saturated heterocycles. The maximum absolute atomic E-state index is 6.12. The summed E-state index contributed by atoms with van der Waals surface area (Å²) in [6.45, 7) is 4.70. The zero-order chi connectivity index (χ0) is 16.2. The number of benzene rings is 2. The predicted molar refractivity (Wildman–Crippen MR) is 94.9 cm³/mol. The molecule has 0 N–H and O–H groups in total. The Hall–Kier alpha value is -2.32. The Labute approximate surface area is 141 Å². The number of halogens is 1. The Kier molecular flexibility index (Phi) is 4.63. The SMILES string of the molecule is Cc1cccc(-c2cncc(COc3ccccc3Cl)c2)c1C. The molecule has 2 nitrogen and oxygen atoms in total. The monoisotopic (exact) mass is 323 g/mol. The number of aromatic nitrogens is 1. The summed E-state index contributed by atoms with van der Waals surface area (Å²) in [5.74, 6) is 0.686. The highest BCUT2D eigenvalue weighted by atomic mass is 35.5. The van der Waals surface area contributed by atoms with Crippen LogP contribution in [-0.4, -0.2) is 4.98 Å². The summed E-state index contributed by atoms with van der Waals surface area (Å²) in [7, 11) is 0. The van der Waals surface area contributed by atoms with Crippen LogP contribution in [0.15, 0.2) is 60.9 Å². The van der Waals surface area contributed by atoms with Crippen LogP contribution in [0.25, 0.3) is 11.1 Å². The molecule has 0 unspecified atom stereocenters. The molecule has 0 saturated carbocycles. The Morgan fingerprint density at radius 1 is 1.00 bits per heavy atom. The summed E-state index contributed by atoms with van der Waals surface area (Å²) in [6, 6.07) is 15.9. The fourth-order valence-corrected chi connectivity index (χ4v) is 2.69. The van der Waals surface area contributed by atoms with Crippen molar-refractivity contribution in [2.75, 3.05) is 0 Å². The van der Waals surface area contributed by atoms with Crippen molar-refractivity contribution in [3.63, 3.8) is 0 Å². The number of hydrogen-bond acceptors (Lipinski definition) is 2. The van der Waals surface area contributed by atoms with Gasteiger partial charge in [-0.25, -0.2) is 0 Å². The molecule has 1 heterocycles. The molecule has 0 spiro atoms. The van der Waals surface area contributed by atoms with E-state index in [1.807, 2.05) is 36.7 Å². The van der Waals surface area contributed by atoms with E-state index in [2.05, 4.69) is 43.1 Å². The standard InChI is InChI=1S/C20H18ClNO/c1-14-6-5-7-18(15(14)2)17-10-16(11-22-12-17)13-23-20-9-4-3-8-19(20)21/h3-12H,13H2,1-2H3. The van der Waals surface area contributed by atoms with Gasteiger partial charge in [0.25, 0.3) is 0 Å². The molecule has 0 fully saturated rings. The smallest absolute Gasteiger partial charge is 0.138 e. The van der Waals surface area contributed by atoms with Gasteiger partial charge in [0.15, 0.2) is 0 Å². The Morgan fingerprint density at radius 2 is 1.83 bits per heavy atom. The van der Waals surface area contributed by atoms with E-state index in [1.165, 1.54) is 16.7 Å². The molecular weight excluding hydrogens is 306 g/mol. The van der Waals surface area contributed by atoms with Gasteiger partial charge < -0.3 is 4.74 Å². The second kappa shape index (κ2) is 6.84. The van der Waals surface area contributed by atoms with Crippen LogP contribution in [0.5, 0.6) is 5.75 Å². The molecule has 3 rings (SSSR count). The maximum Gasteiger partial charge on any atom is 0.138 e. The van der Waals surface area contributed by atoms with Gasteiger partial charge in [-0.1, -0.05) is 41.9 Å². The van der Waals surface area contributed by atoms with Crippen molar-refractivity contribution < 1.29 is 4.74 Å². The number of ether oxygens (including phenoxy) is 1. The van der Waals surface area contributed by atoms with Crippen LogP contribution in [0.3, 0.4) is 0 Å². The van der Waals surface area contributed by atoms with Gasteiger partial charge in [-0.2, -0.15) is 0 Å². The van der Waals surface area contributed by atoms with Crippen molar-refractivity contribution in [3.8, 4) is 16.9 Å². The number of pyridine rings is 1. The summed E-state index contributed by atoms with van der Waals surface area (Å²) in [5, 5.41) is 0.617. The number of rotatable bonds is 4. The highest BCUT2D eigenvalue weighted by Crippen LogP contribution is 2.27. The molecule has 0 atom stereocenters. The lowest BCUT2D eigenvalue weighted by atomic mass is 9.97. The van der Waals surface area contributed by atoms with Gasteiger partial charge in [-0.3, -0.25) is 4.98 Å². The molecule has 1 aromatic heterocycles. The zero-order valence-corrected chi connectivity index (χ0v) is 14.0. The molecule has 3 heteroatoms. The topological polar surface area (TPSA) is 22.1 Å². The van der Waals surface area contributed by atoms with E-state index < -0.39 is 0 Å². The minimum absolute atomic E-state index is 0.440. The van der Waals surface area contributed by atoms with E-state index in [4.69, 9.17) is 16.3 Å². The lowest BCUT2D eigenvalue weighted by Crippen LogP contribution is -1.97. The zero-order valence-electron chi connectivity index (χ0n) is 13.2. The molecule has 2 aromatic carbocycles. The molecule has 3 aromatic rings. The second-order valence-electron chi connectivity index (χ2n) is 5.55. The van der Waals surface area contributed by atoms with E-state index in [1.54, 1.807) is 0 Å². The molecular formula is C20H18ClNO. The average Bonchev–Trinajstić information content (AvgIpc) is 2.57. The highest BCUT2D eigenvalue weighted by molar-refractivity contribution is 6.32. The lowest BCUT2D eigenvalue weighted by molar-refractivity contribution is 0.306. The van der Waals surface area contributed by atoms with Gasteiger partial charge in [0.2, 0.25) is 0 Å². The first-order valence-corrected chi connectivity index (χ1v) is 7.91. The van der Waals surface area contributed by atoms with Crippen LogP contribution in [0.2, 0.25) is 5.02 Å². The van der Waals surface area contributed by atoms with Gasteiger partial charge in [-0.05, 0) is 48.7 Å². The van der Waals surface area contributed by atoms with Crippen molar-refractivity contribution in [1.29, 1.82) is 0 Å². The van der Waals surface area contributed by atoms with Gasteiger partial charge in [-0.15, -0.1) is 0 Å². The highest BCUT2D eigenvalue weighted by Gasteiger charge is 2.06. The molecule has 116 valence electrons. The summed E-state index contributed by atoms with van der Waals surface area (Å²) in [4.78, 5) is 4.35. The van der Waals surface area contributed by atoms with Crippen LogP contribution in [-0.2, 0) is 6.61 Å². The summed E-state index contributed by atoms with van der Waals surface area (Å²) in [6.07, 6.45) is 3.71. The first-order chi connectivity index (χ1) is 11.1. The third-order valence-electron chi connectivity index (χ3n) is 3.94. The number of nitrogens with zero attached hydrogens (tertiary/aromatic N) is 1. The maximum atomic E-state index is 6.12. The minimum atomic E-state index is 0.440. The molecule has 0 aliphatic heterocycles. The van der Waals surface area contributed by atoms with E-state index in [0.717, 1.165) is 11.1 Å². The van der Waals surface area contributed by atoms with E-state index in [0.29, 0.717) is 17.4 Å². The summed E-state index contributed by atoms with van der Waals surface area (Å²) < 4.78 is 5.80. The van der Waals surface area contributed by atoms with Gasteiger partial charge in [0.1, 0.15) is 12.4 Å². The first kappa shape index (κ1) is 15.6. The Bertz CT molecular complexity index is 829. The van der Waals surface area contributed by atoms with Gasteiger partial charge >= 0.3 is 0 Å². The normalized spacial score (nSPS) is 10.6. The number of para-hydroxylation sites is 1. The van der Waals surface area contributed by atoms with Crippen LogP contribution in [0, 0.1) is 13.8 Å². The van der Waals surface area contributed by atoms with Crippen molar-refractivity contribution >= 4 is 11.6 Å². The third-order valence-corrected chi connectivity index (χ3v) is 4.25. The second-order valence-corrected chi connectivity index (χ2v) is 5.96. The van der Waals surface area contributed by atoms with Crippen LogP contribution < -0.4 is 4.74 Å². The van der Waals surface area contributed by atoms with Crippen LogP contribution in [0.1, 0.15) is 16.7 Å². The van der Waals surface area contributed by atoms with Crippen LogP contribution >= 0.6 is 11.6 Å². The summed E-state index contributed by atoms with van der Waals surface area (Å²) in [5.41, 5.74) is 5.88. The molecule has 0 amide bonds. The van der Waals surface area contributed by atoms with Gasteiger partial charge in [0.05, 0.1) is 5.02 Å². The lowest BCUT2D eigenvalue weighted by Gasteiger charge is -2.11. The quantitative estimate of drug-likeness (QED) is 0.623. The Morgan fingerprint density at radius 3 is 2.65 bits per heavy atom. The van der Waals surface area contributed by atoms with Gasteiger partial charge in [0, 0.05) is 23.5 Å². The summed E-state index contributed by atoms with van der Waals surface area (Å²) >= 11 is 6.12. The van der Waals surface area contributed by atoms with Crippen LogP contribution in [0.4, 0.5) is 0 Å². The fourth-order valence-electron chi connectivity index (χ4n) is 2.50. The van der Waals surface area contributed by atoms with Crippen molar-refractivity contribution in [3.05, 3.63) is 82.6 Å². The molecule has 23 heavy (non-hydrogen) atoms. The van der Waals surface area contributed by atoms with E-state index in [-0.39, 0.29) is 0 Å². The molecule has 0 bridgehead atoms. The largest absolute Gasteiger partial charge is 0.487 e. The van der Waals surface area contributed by atoms with Crippen molar-refractivity contribution in [2.45, 2.75) is 20.5 Å². The molecule has 0 radical (unpaired) electrons. The average molecular weight is 324 g/mol. The third kappa shape index (κ3) is 3.54. The first-order valence-electron chi connectivity index (χ1n) is 7.53. The van der Waals surface area contributed by atoms with Crippen molar-refractivity contribution in [2.24, 2.45) is 0 Å². The van der Waals surface area contributed by atoms with E-state index in [9.17, 15) is 0 Å². The Balaban J connectivity index is 1.83. The molecule has 0 aliphatic carbocycles. The predicted octanol–water partition coefficient (Wildman–Crippen LogP) is 5.60. The fraction of sp³-hybridized carbons (Fsp3) is 0.150. The number of hydrogen-bond donors (Lipinski definition) is 0. The number of aryl methyl sites for hydroxylation is 1. The molecule has 0 aliphatic rings. The van der Waals surface area contributed by atoms with E-state index >= 15 is 0 Å². The minimum Gasteiger partial charge on any atom is -0.487 e. The van der Waals surface area contributed by atoms with Crippen molar-refractivity contribution in [1.82, 2.24) is 4.98 Å².